The minimum Gasteiger partial charge on any atom is -0.493 e. The SMILES string of the molecule is CCOC(=O)c1cccc(NC(=O)N[C@H]2CC[C@@]3(c4ccc(OC)c(OC)c4)CCN(C)[C@@H]3C2)c1. The normalized spacial score (nSPS) is 23.8. The number of hydrogen-bond acceptors (Lipinski definition) is 6. The average molecular weight is 482 g/mol. The lowest BCUT2D eigenvalue weighted by atomic mass is 9.65. The van der Waals surface area contributed by atoms with Crippen LogP contribution in [0.3, 0.4) is 0 Å². The summed E-state index contributed by atoms with van der Waals surface area (Å²) in [5.74, 6) is 1.08. The molecule has 8 heteroatoms. The number of rotatable bonds is 7. The van der Waals surface area contributed by atoms with Gasteiger partial charge in [-0.3, -0.25) is 0 Å². The second-order valence-electron chi connectivity index (χ2n) is 9.34. The Morgan fingerprint density at radius 1 is 1.09 bits per heavy atom. The van der Waals surface area contributed by atoms with Crippen LogP contribution in [0.1, 0.15) is 48.5 Å². The molecule has 0 radical (unpaired) electrons. The monoisotopic (exact) mass is 481 g/mol. The van der Waals surface area contributed by atoms with Crippen LogP contribution >= 0.6 is 0 Å². The fourth-order valence-corrected chi connectivity index (χ4v) is 5.69. The first-order chi connectivity index (χ1) is 16.9. The summed E-state index contributed by atoms with van der Waals surface area (Å²) in [7, 11) is 5.48. The third kappa shape index (κ3) is 5.07. The molecule has 1 aliphatic carbocycles. The molecule has 2 amide bonds. The van der Waals surface area contributed by atoms with E-state index in [9.17, 15) is 9.59 Å². The van der Waals surface area contributed by atoms with E-state index in [0.29, 0.717) is 23.9 Å². The molecule has 1 heterocycles. The number of nitrogens with zero attached hydrogens (tertiary/aromatic N) is 1. The fraction of sp³-hybridized carbons (Fsp3) is 0.481. The quantitative estimate of drug-likeness (QED) is 0.577. The molecule has 4 rings (SSSR count). The van der Waals surface area contributed by atoms with Gasteiger partial charge in [-0.1, -0.05) is 12.1 Å². The van der Waals surface area contributed by atoms with Crippen molar-refractivity contribution in [3.8, 4) is 11.5 Å². The van der Waals surface area contributed by atoms with E-state index in [0.717, 1.165) is 43.7 Å². The van der Waals surface area contributed by atoms with Crippen LogP contribution in [0.25, 0.3) is 0 Å². The van der Waals surface area contributed by atoms with Crippen LogP contribution in [0, 0.1) is 0 Å². The van der Waals surface area contributed by atoms with Crippen molar-refractivity contribution in [3.63, 3.8) is 0 Å². The number of likely N-dealkylation sites (N-methyl/N-ethyl adjacent to an activating group) is 1. The molecule has 2 aliphatic rings. The molecule has 0 unspecified atom stereocenters. The number of methoxy groups -OCH3 is 2. The molecule has 2 aromatic carbocycles. The van der Waals surface area contributed by atoms with Gasteiger partial charge in [0.25, 0.3) is 0 Å². The van der Waals surface area contributed by atoms with Gasteiger partial charge >= 0.3 is 12.0 Å². The number of carbonyl (C=O) groups excluding carboxylic acids is 2. The highest BCUT2D eigenvalue weighted by molar-refractivity contribution is 5.94. The first-order valence-electron chi connectivity index (χ1n) is 12.2. The molecule has 188 valence electrons. The molecule has 8 nitrogen and oxygen atoms in total. The number of hydrogen-bond donors (Lipinski definition) is 2. The number of urea groups is 1. The molecular formula is C27H35N3O5. The molecule has 1 aliphatic heterocycles. The van der Waals surface area contributed by atoms with Crippen molar-refractivity contribution < 1.29 is 23.8 Å². The molecule has 0 bridgehead atoms. The minimum absolute atomic E-state index is 0.0247. The highest BCUT2D eigenvalue weighted by atomic mass is 16.5. The van der Waals surface area contributed by atoms with E-state index in [1.165, 1.54) is 5.56 Å². The molecule has 1 saturated carbocycles. The summed E-state index contributed by atoms with van der Waals surface area (Å²) in [6.45, 7) is 3.08. The van der Waals surface area contributed by atoms with E-state index in [2.05, 4.69) is 34.7 Å². The molecule has 2 fully saturated rings. The van der Waals surface area contributed by atoms with Crippen LogP contribution < -0.4 is 20.1 Å². The van der Waals surface area contributed by atoms with Crippen molar-refractivity contribution >= 4 is 17.7 Å². The molecule has 35 heavy (non-hydrogen) atoms. The summed E-state index contributed by atoms with van der Waals surface area (Å²) < 4.78 is 16.1. The predicted molar refractivity (Wildman–Crippen MR) is 134 cm³/mol. The number of esters is 1. The second kappa shape index (κ2) is 10.6. The lowest BCUT2D eigenvalue weighted by Crippen LogP contribution is -2.52. The van der Waals surface area contributed by atoms with Crippen LogP contribution in [-0.4, -0.2) is 63.4 Å². The zero-order chi connectivity index (χ0) is 25.0. The standard InChI is InChI=1S/C27H35N3O5/c1-5-35-25(31)18-7-6-8-20(15-18)28-26(32)29-21-11-12-27(13-14-30(2)24(27)17-21)19-9-10-22(33-3)23(16-19)34-4/h6-10,15-16,21,24H,5,11-14,17H2,1-4H3,(H2,28,29,32)/t21-,24+,27-/m0/s1. The Morgan fingerprint density at radius 3 is 2.63 bits per heavy atom. The maximum absolute atomic E-state index is 12.8. The summed E-state index contributed by atoms with van der Waals surface area (Å²) in [5.41, 5.74) is 2.26. The smallest absolute Gasteiger partial charge is 0.338 e. The summed E-state index contributed by atoms with van der Waals surface area (Å²) in [6.07, 6.45) is 3.79. The third-order valence-electron chi connectivity index (χ3n) is 7.45. The zero-order valence-corrected chi connectivity index (χ0v) is 20.9. The van der Waals surface area contributed by atoms with E-state index < -0.39 is 5.97 Å². The largest absolute Gasteiger partial charge is 0.493 e. The Morgan fingerprint density at radius 2 is 1.89 bits per heavy atom. The number of fused-ring (bicyclic) bond motifs is 1. The van der Waals surface area contributed by atoms with Gasteiger partial charge in [0.2, 0.25) is 0 Å². The van der Waals surface area contributed by atoms with Gasteiger partial charge in [-0.05, 0) is 82.1 Å². The number of nitrogens with one attached hydrogen (secondary N) is 2. The van der Waals surface area contributed by atoms with Crippen LogP contribution in [-0.2, 0) is 10.2 Å². The van der Waals surface area contributed by atoms with Crippen molar-refractivity contribution in [1.29, 1.82) is 0 Å². The van der Waals surface area contributed by atoms with Gasteiger partial charge in [0.1, 0.15) is 0 Å². The van der Waals surface area contributed by atoms with E-state index in [1.54, 1.807) is 45.4 Å². The number of anilines is 1. The molecule has 0 spiro atoms. The third-order valence-corrected chi connectivity index (χ3v) is 7.45. The van der Waals surface area contributed by atoms with Crippen LogP contribution in [0.5, 0.6) is 11.5 Å². The number of amides is 2. The number of likely N-dealkylation sites (tertiary alicyclic amines) is 1. The molecule has 0 aromatic heterocycles. The number of benzene rings is 2. The van der Waals surface area contributed by atoms with Crippen molar-refractivity contribution in [1.82, 2.24) is 10.2 Å². The van der Waals surface area contributed by atoms with Gasteiger partial charge in [0.15, 0.2) is 11.5 Å². The summed E-state index contributed by atoms with van der Waals surface area (Å²) in [5, 5.41) is 6.01. The van der Waals surface area contributed by atoms with Gasteiger partial charge in [0.05, 0.1) is 26.4 Å². The van der Waals surface area contributed by atoms with Gasteiger partial charge in [0, 0.05) is 23.2 Å². The first-order valence-corrected chi connectivity index (χ1v) is 12.2. The van der Waals surface area contributed by atoms with Crippen LogP contribution in [0.15, 0.2) is 42.5 Å². The minimum atomic E-state index is -0.403. The van der Waals surface area contributed by atoms with E-state index in [-0.39, 0.29) is 17.5 Å². The summed E-state index contributed by atoms with van der Waals surface area (Å²) in [4.78, 5) is 27.2. The molecule has 1 saturated heterocycles. The number of ether oxygens (including phenoxy) is 3. The van der Waals surface area contributed by atoms with Gasteiger partial charge in [-0.15, -0.1) is 0 Å². The Kier molecular flexibility index (Phi) is 7.50. The maximum atomic E-state index is 12.8. The average Bonchev–Trinajstić information content (AvgIpc) is 3.20. The van der Waals surface area contributed by atoms with Gasteiger partial charge in [-0.2, -0.15) is 0 Å². The second-order valence-corrected chi connectivity index (χ2v) is 9.34. The molecular weight excluding hydrogens is 446 g/mol. The van der Waals surface area contributed by atoms with Crippen molar-refractivity contribution in [2.24, 2.45) is 0 Å². The Balaban J connectivity index is 1.44. The Labute approximate surface area is 206 Å². The van der Waals surface area contributed by atoms with E-state index in [4.69, 9.17) is 14.2 Å². The highest BCUT2D eigenvalue weighted by Gasteiger charge is 2.50. The van der Waals surface area contributed by atoms with Gasteiger partial charge < -0.3 is 29.7 Å². The number of carbonyl (C=O) groups is 2. The van der Waals surface area contributed by atoms with Crippen molar-refractivity contribution in [2.75, 3.05) is 39.7 Å². The summed E-state index contributed by atoms with van der Waals surface area (Å²) >= 11 is 0. The van der Waals surface area contributed by atoms with Crippen molar-refractivity contribution in [2.45, 2.75) is 50.1 Å². The molecule has 3 atom stereocenters. The first kappa shape index (κ1) is 24.9. The fourth-order valence-electron chi connectivity index (χ4n) is 5.69. The lowest BCUT2D eigenvalue weighted by molar-refractivity contribution is 0.0526. The Hall–Kier alpha value is -3.26. The van der Waals surface area contributed by atoms with E-state index >= 15 is 0 Å². The Bertz CT molecular complexity index is 1070. The lowest BCUT2D eigenvalue weighted by Gasteiger charge is -2.45. The van der Waals surface area contributed by atoms with Crippen LogP contribution in [0.4, 0.5) is 10.5 Å². The van der Waals surface area contributed by atoms with Crippen molar-refractivity contribution in [3.05, 3.63) is 53.6 Å². The van der Waals surface area contributed by atoms with E-state index in [1.807, 2.05) is 6.07 Å². The highest BCUT2D eigenvalue weighted by Crippen LogP contribution is 2.49. The predicted octanol–water partition coefficient (Wildman–Crippen LogP) is 4.20. The maximum Gasteiger partial charge on any atom is 0.338 e. The molecule has 2 N–H and O–H groups in total. The summed E-state index contributed by atoms with van der Waals surface area (Å²) in [6, 6.07) is 13.2. The topological polar surface area (TPSA) is 89.1 Å². The zero-order valence-electron chi connectivity index (χ0n) is 20.9. The van der Waals surface area contributed by atoms with Gasteiger partial charge in [-0.25, -0.2) is 9.59 Å². The van der Waals surface area contributed by atoms with Crippen LogP contribution in [0.2, 0.25) is 0 Å². The molecule has 2 aromatic rings.